The SMILES string of the molecule is O=C(c1cccc(F)c1-c1ncccn1)N1CCC[C@@H](Oc2cnc(C(F)(F)F)cn2)C1. The molecule has 0 saturated carbocycles. The number of carbonyl (C=O) groups excluding carboxylic acids is 1. The Balaban J connectivity index is 1.51. The smallest absolute Gasteiger partial charge is 0.434 e. The van der Waals surface area contributed by atoms with Crippen molar-refractivity contribution in [1.82, 2.24) is 24.8 Å². The van der Waals surface area contributed by atoms with E-state index in [1.54, 1.807) is 6.07 Å². The van der Waals surface area contributed by atoms with Crippen molar-refractivity contribution in [2.75, 3.05) is 13.1 Å². The number of hydrogen-bond donors (Lipinski definition) is 0. The van der Waals surface area contributed by atoms with Gasteiger partial charge in [0.05, 0.1) is 30.1 Å². The number of carbonyl (C=O) groups is 1. The first-order chi connectivity index (χ1) is 15.3. The summed E-state index contributed by atoms with van der Waals surface area (Å²) < 4.78 is 58.1. The third kappa shape index (κ3) is 4.66. The van der Waals surface area contributed by atoms with Gasteiger partial charge in [-0.25, -0.2) is 24.3 Å². The maximum atomic E-state index is 14.6. The van der Waals surface area contributed by atoms with Gasteiger partial charge in [-0.3, -0.25) is 4.79 Å². The van der Waals surface area contributed by atoms with Crippen molar-refractivity contribution < 1.29 is 27.1 Å². The van der Waals surface area contributed by atoms with Crippen LogP contribution in [0.4, 0.5) is 17.6 Å². The largest absolute Gasteiger partial charge is 0.471 e. The van der Waals surface area contributed by atoms with Crippen molar-refractivity contribution in [3.05, 3.63) is 66.1 Å². The van der Waals surface area contributed by atoms with E-state index in [9.17, 15) is 22.4 Å². The van der Waals surface area contributed by atoms with Gasteiger partial charge in [0, 0.05) is 18.9 Å². The Morgan fingerprint density at radius 3 is 2.53 bits per heavy atom. The van der Waals surface area contributed by atoms with Crippen LogP contribution in [0.2, 0.25) is 0 Å². The van der Waals surface area contributed by atoms with Gasteiger partial charge >= 0.3 is 6.18 Å². The number of hydrogen-bond acceptors (Lipinski definition) is 6. The summed E-state index contributed by atoms with van der Waals surface area (Å²) >= 11 is 0. The highest BCUT2D eigenvalue weighted by Crippen LogP contribution is 2.28. The number of piperidine rings is 1. The predicted octanol–water partition coefficient (Wildman–Crippen LogP) is 3.78. The van der Waals surface area contributed by atoms with Crippen LogP contribution in [0.25, 0.3) is 11.4 Å². The first kappa shape index (κ1) is 21.6. The molecule has 1 fully saturated rings. The molecule has 1 aromatic carbocycles. The molecule has 2 aromatic heterocycles. The molecule has 1 aliphatic heterocycles. The summed E-state index contributed by atoms with van der Waals surface area (Å²) in [5, 5.41) is 0. The Morgan fingerprint density at radius 1 is 1.06 bits per heavy atom. The van der Waals surface area contributed by atoms with E-state index in [1.807, 2.05) is 0 Å². The predicted molar refractivity (Wildman–Crippen MR) is 104 cm³/mol. The van der Waals surface area contributed by atoms with Crippen LogP contribution in [0.1, 0.15) is 28.9 Å². The molecule has 0 radical (unpaired) electrons. The lowest BCUT2D eigenvalue weighted by Crippen LogP contribution is -2.44. The molecular weight excluding hydrogens is 430 g/mol. The first-order valence-corrected chi connectivity index (χ1v) is 9.74. The number of ether oxygens (including phenoxy) is 1. The highest BCUT2D eigenvalue weighted by atomic mass is 19.4. The number of rotatable bonds is 4. The molecule has 3 heterocycles. The Kier molecular flexibility index (Phi) is 5.97. The van der Waals surface area contributed by atoms with Gasteiger partial charge in [0.1, 0.15) is 11.9 Å². The molecule has 1 amide bonds. The summed E-state index contributed by atoms with van der Waals surface area (Å²) in [4.78, 5) is 29.8. The quantitative estimate of drug-likeness (QED) is 0.567. The molecule has 166 valence electrons. The van der Waals surface area contributed by atoms with Crippen molar-refractivity contribution in [2.45, 2.75) is 25.1 Å². The number of alkyl halides is 3. The van der Waals surface area contributed by atoms with Crippen LogP contribution in [0.3, 0.4) is 0 Å². The normalized spacial score (nSPS) is 16.6. The Hall–Kier alpha value is -3.63. The van der Waals surface area contributed by atoms with Gasteiger partial charge in [0.25, 0.3) is 5.91 Å². The molecule has 3 aromatic rings. The summed E-state index contributed by atoms with van der Waals surface area (Å²) in [7, 11) is 0. The van der Waals surface area contributed by atoms with Gasteiger partial charge in [-0.1, -0.05) is 6.07 Å². The number of nitrogens with zero attached hydrogens (tertiary/aromatic N) is 5. The third-order valence-corrected chi connectivity index (χ3v) is 4.90. The van der Waals surface area contributed by atoms with E-state index in [0.29, 0.717) is 25.6 Å². The van der Waals surface area contributed by atoms with E-state index < -0.39 is 29.7 Å². The van der Waals surface area contributed by atoms with Crippen LogP contribution >= 0.6 is 0 Å². The van der Waals surface area contributed by atoms with E-state index in [2.05, 4.69) is 19.9 Å². The second-order valence-corrected chi connectivity index (χ2v) is 7.11. The fraction of sp³-hybridized carbons (Fsp3) is 0.286. The van der Waals surface area contributed by atoms with E-state index in [0.717, 1.165) is 6.20 Å². The van der Waals surface area contributed by atoms with Crippen LogP contribution in [-0.2, 0) is 6.18 Å². The Bertz CT molecular complexity index is 1090. The molecule has 4 rings (SSSR count). The summed E-state index contributed by atoms with van der Waals surface area (Å²) in [5.74, 6) is -1.01. The zero-order chi connectivity index (χ0) is 22.7. The van der Waals surface area contributed by atoms with Crippen molar-refractivity contribution in [1.29, 1.82) is 0 Å². The fourth-order valence-electron chi connectivity index (χ4n) is 3.44. The van der Waals surface area contributed by atoms with Crippen LogP contribution in [0.5, 0.6) is 5.88 Å². The van der Waals surface area contributed by atoms with Crippen molar-refractivity contribution in [2.24, 2.45) is 0 Å². The van der Waals surface area contributed by atoms with Crippen molar-refractivity contribution in [3.8, 4) is 17.3 Å². The van der Waals surface area contributed by atoms with Crippen LogP contribution in [0, 0.1) is 5.82 Å². The van der Waals surface area contributed by atoms with Crippen LogP contribution < -0.4 is 4.74 Å². The van der Waals surface area contributed by atoms with E-state index in [-0.39, 0.29) is 29.4 Å². The summed E-state index contributed by atoms with van der Waals surface area (Å²) in [6.07, 6.45) is 0.494. The van der Waals surface area contributed by atoms with Crippen LogP contribution in [0.15, 0.2) is 49.1 Å². The lowest BCUT2D eigenvalue weighted by atomic mass is 10.0. The van der Waals surface area contributed by atoms with Gasteiger partial charge in [-0.15, -0.1) is 0 Å². The molecule has 1 aliphatic rings. The molecule has 7 nitrogen and oxygen atoms in total. The molecule has 1 saturated heterocycles. The maximum absolute atomic E-state index is 14.6. The third-order valence-electron chi connectivity index (χ3n) is 4.90. The van der Waals surface area contributed by atoms with E-state index in [4.69, 9.17) is 4.74 Å². The minimum absolute atomic E-state index is 0.00903. The molecule has 32 heavy (non-hydrogen) atoms. The number of amides is 1. The number of benzene rings is 1. The first-order valence-electron chi connectivity index (χ1n) is 9.74. The topological polar surface area (TPSA) is 81.1 Å². The van der Waals surface area contributed by atoms with Gasteiger partial charge < -0.3 is 9.64 Å². The maximum Gasteiger partial charge on any atom is 0.434 e. The minimum Gasteiger partial charge on any atom is -0.471 e. The summed E-state index contributed by atoms with van der Waals surface area (Å²) in [5.41, 5.74) is -0.993. The molecular formula is C21H17F4N5O2. The molecule has 0 aliphatic carbocycles. The van der Waals surface area contributed by atoms with Crippen molar-refractivity contribution >= 4 is 5.91 Å². The van der Waals surface area contributed by atoms with Crippen LogP contribution in [-0.4, -0.2) is 49.9 Å². The molecule has 0 N–H and O–H groups in total. The lowest BCUT2D eigenvalue weighted by Gasteiger charge is -2.33. The fourth-order valence-corrected chi connectivity index (χ4v) is 3.44. The van der Waals surface area contributed by atoms with Gasteiger partial charge in [-0.05, 0) is 31.0 Å². The molecule has 0 unspecified atom stereocenters. The summed E-state index contributed by atoms with van der Waals surface area (Å²) in [6, 6.07) is 5.75. The molecule has 0 bridgehead atoms. The zero-order valence-electron chi connectivity index (χ0n) is 16.6. The van der Waals surface area contributed by atoms with E-state index >= 15 is 0 Å². The highest BCUT2D eigenvalue weighted by Gasteiger charge is 2.33. The molecule has 0 spiro atoms. The second-order valence-electron chi connectivity index (χ2n) is 7.11. The average Bonchev–Trinajstić information content (AvgIpc) is 2.79. The Morgan fingerprint density at radius 2 is 1.84 bits per heavy atom. The van der Waals surface area contributed by atoms with Gasteiger partial charge in [0.15, 0.2) is 11.5 Å². The second kappa shape index (κ2) is 8.85. The molecule has 1 atom stereocenters. The average molecular weight is 447 g/mol. The highest BCUT2D eigenvalue weighted by molar-refractivity contribution is 6.00. The standard InChI is InChI=1S/C21H17F4N5O2/c22-15-6-1-5-14(18(15)19-26-7-3-8-27-19)20(31)30-9-2-4-13(12-30)32-17-11-28-16(10-29-17)21(23,24)25/h1,3,5-8,10-11,13H,2,4,9,12H2/t13-/m1/s1. The zero-order valence-corrected chi connectivity index (χ0v) is 16.6. The Labute approximate surface area is 180 Å². The minimum atomic E-state index is -4.59. The molecule has 11 heteroatoms. The number of aromatic nitrogens is 4. The van der Waals surface area contributed by atoms with E-state index in [1.165, 1.54) is 35.5 Å². The number of halogens is 4. The number of likely N-dealkylation sites (tertiary alicyclic amines) is 1. The lowest BCUT2D eigenvalue weighted by molar-refractivity contribution is -0.141. The van der Waals surface area contributed by atoms with Gasteiger partial charge in [-0.2, -0.15) is 13.2 Å². The monoisotopic (exact) mass is 447 g/mol. The summed E-state index contributed by atoms with van der Waals surface area (Å²) in [6.45, 7) is 0.579. The van der Waals surface area contributed by atoms with Crippen molar-refractivity contribution in [3.63, 3.8) is 0 Å². The van der Waals surface area contributed by atoms with Gasteiger partial charge in [0.2, 0.25) is 5.88 Å².